The summed E-state index contributed by atoms with van der Waals surface area (Å²) < 4.78 is 27.2. The molecule has 1 saturated heterocycles. The van der Waals surface area contributed by atoms with E-state index in [0.29, 0.717) is 28.6 Å². The van der Waals surface area contributed by atoms with Crippen molar-refractivity contribution in [2.45, 2.75) is 32.1 Å². The summed E-state index contributed by atoms with van der Waals surface area (Å²) >= 11 is 6.06. The third-order valence-corrected chi connectivity index (χ3v) is 6.39. The number of nitrogens with zero attached hydrogens (tertiary/aromatic N) is 2. The van der Waals surface area contributed by atoms with Crippen LogP contribution in [0.3, 0.4) is 0 Å². The van der Waals surface area contributed by atoms with Gasteiger partial charge in [-0.2, -0.15) is 4.31 Å². The fourth-order valence-electron chi connectivity index (χ4n) is 2.68. The number of sulfonamides is 1. The zero-order valence-electron chi connectivity index (χ0n) is 12.9. The monoisotopic (exact) mass is 330 g/mol. The van der Waals surface area contributed by atoms with Gasteiger partial charge in [0, 0.05) is 31.2 Å². The van der Waals surface area contributed by atoms with Gasteiger partial charge in [-0.1, -0.05) is 18.5 Å². The number of hydrogen-bond donors (Lipinski definition) is 0. The highest BCUT2D eigenvalue weighted by molar-refractivity contribution is 7.89. The average Bonchev–Trinajstić information content (AvgIpc) is 2.43. The predicted molar refractivity (Wildman–Crippen MR) is 86.4 cm³/mol. The molecule has 21 heavy (non-hydrogen) atoms. The van der Waals surface area contributed by atoms with Crippen molar-refractivity contribution in [3.05, 3.63) is 28.3 Å². The fourth-order valence-corrected chi connectivity index (χ4v) is 4.61. The van der Waals surface area contributed by atoms with Crippen LogP contribution in [0.5, 0.6) is 0 Å². The molecule has 6 heteroatoms. The molecule has 0 saturated carbocycles. The van der Waals surface area contributed by atoms with E-state index in [0.717, 1.165) is 31.6 Å². The van der Waals surface area contributed by atoms with E-state index >= 15 is 0 Å². The van der Waals surface area contributed by atoms with Gasteiger partial charge in [-0.3, -0.25) is 0 Å². The second-order valence-electron chi connectivity index (χ2n) is 5.61. The van der Waals surface area contributed by atoms with Gasteiger partial charge < -0.3 is 4.90 Å². The summed E-state index contributed by atoms with van der Waals surface area (Å²) in [6, 6.07) is 3.42. The van der Waals surface area contributed by atoms with E-state index in [2.05, 4.69) is 11.8 Å². The molecule has 0 aliphatic carbocycles. The number of rotatable bonds is 4. The summed E-state index contributed by atoms with van der Waals surface area (Å²) in [6.45, 7) is 9.53. The van der Waals surface area contributed by atoms with Crippen molar-refractivity contribution in [2.24, 2.45) is 0 Å². The lowest BCUT2D eigenvalue weighted by molar-refractivity contribution is 0.188. The van der Waals surface area contributed by atoms with Crippen molar-refractivity contribution in [2.75, 3.05) is 32.7 Å². The van der Waals surface area contributed by atoms with Crippen molar-refractivity contribution in [1.29, 1.82) is 0 Å². The molecule has 1 fully saturated rings. The molecule has 4 nitrogen and oxygen atoms in total. The van der Waals surface area contributed by atoms with Crippen LogP contribution in [0.4, 0.5) is 0 Å². The number of aryl methyl sites for hydroxylation is 2. The third kappa shape index (κ3) is 3.59. The quantitative estimate of drug-likeness (QED) is 0.852. The molecule has 0 amide bonds. The van der Waals surface area contributed by atoms with Crippen molar-refractivity contribution >= 4 is 21.6 Å². The van der Waals surface area contributed by atoms with Gasteiger partial charge in [0.05, 0.1) is 4.90 Å². The van der Waals surface area contributed by atoms with Gasteiger partial charge in [-0.15, -0.1) is 0 Å². The number of halogens is 1. The summed E-state index contributed by atoms with van der Waals surface area (Å²) in [5.74, 6) is 0. The molecule has 1 aliphatic heterocycles. The molecule has 0 aromatic heterocycles. The topological polar surface area (TPSA) is 40.6 Å². The number of piperazine rings is 1. The lowest BCUT2D eigenvalue weighted by Crippen LogP contribution is -2.48. The zero-order valence-corrected chi connectivity index (χ0v) is 14.5. The first kappa shape index (κ1) is 16.7. The molecule has 0 spiro atoms. The maximum Gasteiger partial charge on any atom is 0.243 e. The van der Waals surface area contributed by atoms with Crippen LogP contribution in [-0.2, 0) is 10.0 Å². The summed E-state index contributed by atoms with van der Waals surface area (Å²) in [6.07, 6.45) is 1.10. The maximum absolute atomic E-state index is 12.8. The maximum atomic E-state index is 12.8. The first-order valence-electron chi connectivity index (χ1n) is 7.35. The highest BCUT2D eigenvalue weighted by Gasteiger charge is 2.29. The molecule has 1 aliphatic rings. The Balaban J connectivity index is 2.22. The van der Waals surface area contributed by atoms with Crippen LogP contribution in [0.25, 0.3) is 0 Å². The van der Waals surface area contributed by atoms with Crippen LogP contribution in [0.1, 0.15) is 24.5 Å². The van der Waals surface area contributed by atoms with Gasteiger partial charge >= 0.3 is 0 Å². The smallest absolute Gasteiger partial charge is 0.243 e. The van der Waals surface area contributed by atoms with E-state index in [1.165, 1.54) is 0 Å². The van der Waals surface area contributed by atoms with Gasteiger partial charge in [0.15, 0.2) is 0 Å². The Morgan fingerprint density at radius 3 is 2.29 bits per heavy atom. The summed E-state index contributed by atoms with van der Waals surface area (Å²) in [5.41, 5.74) is 1.51. The normalized spacial score (nSPS) is 18.1. The summed E-state index contributed by atoms with van der Waals surface area (Å²) in [7, 11) is -3.42. The van der Waals surface area contributed by atoms with Crippen LogP contribution in [0, 0.1) is 13.8 Å². The lowest BCUT2D eigenvalue weighted by atomic mass is 10.2. The molecule has 1 aromatic carbocycles. The minimum atomic E-state index is -3.42. The van der Waals surface area contributed by atoms with E-state index in [1.54, 1.807) is 23.4 Å². The minimum absolute atomic E-state index is 0.383. The van der Waals surface area contributed by atoms with E-state index in [4.69, 9.17) is 11.6 Å². The molecule has 0 radical (unpaired) electrons. The van der Waals surface area contributed by atoms with Crippen molar-refractivity contribution in [3.63, 3.8) is 0 Å². The molecule has 0 unspecified atom stereocenters. The first-order valence-corrected chi connectivity index (χ1v) is 9.17. The van der Waals surface area contributed by atoms with Crippen LogP contribution < -0.4 is 0 Å². The molecule has 2 rings (SSSR count). The molecule has 0 atom stereocenters. The van der Waals surface area contributed by atoms with E-state index in [9.17, 15) is 8.42 Å². The van der Waals surface area contributed by atoms with Crippen molar-refractivity contribution in [1.82, 2.24) is 9.21 Å². The number of hydrogen-bond acceptors (Lipinski definition) is 3. The minimum Gasteiger partial charge on any atom is -0.301 e. The summed E-state index contributed by atoms with van der Waals surface area (Å²) in [4.78, 5) is 2.69. The van der Waals surface area contributed by atoms with Gasteiger partial charge in [-0.25, -0.2) is 8.42 Å². The average molecular weight is 331 g/mol. The highest BCUT2D eigenvalue weighted by atomic mass is 35.5. The molecule has 118 valence electrons. The molecule has 0 bridgehead atoms. The van der Waals surface area contributed by atoms with E-state index in [1.807, 2.05) is 6.92 Å². The van der Waals surface area contributed by atoms with E-state index < -0.39 is 10.0 Å². The highest BCUT2D eigenvalue weighted by Crippen LogP contribution is 2.26. The second kappa shape index (κ2) is 6.65. The van der Waals surface area contributed by atoms with E-state index in [-0.39, 0.29) is 0 Å². The predicted octanol–water partition coefficient (Wildman–Crippen LogP) is 2.67. The molecular formula is C15H23ClN2O2S. The Morgan fingerprint density at radius 2 is 1.71 bits per heavy atom. The zero-order chi connectivity index (χ0) is 15.6. The lowest BCUT2D eigenvalue weighted by Gasteiger charge is -2.34. The first-order chi connectivity index (χ1) is 9.86. The molecular weight excluding hydrogens is 308 g/mol. The van der Waals surface area contributed by atoms with Crippen LogP contribution in [0.15, 0.2) is 17.0 Å². The Kier molecular flexibility index (Phi) is 5.30. The Bertz CT molecular complexity index is 608. The Labute approximate surface area is 132 Å². The van der Waals surface area contributed by atoms with Crippen molar-refractivity contribution in [3.8, 4) is 0 Å². The molecule has 1 heterocycles. The third-order valence-electron chi connectivity index (χ3n) is 3.95. The fraction of sp³-hybridized carbons (Fsp3) is 0.600. The standard InChI is InChI=1S/C15H23ClN2O2S/c1-4-5-17-6-8-18(9-7-17)21(19,20)15-11-12(2)14(16)10-13(15)3/h10-11H,4-9H2,1-3H3. The largest absolute Gasteiger partial charge is 0.301 e. The van der Waals surface area contributed by atoms with Gasteiger partial charge in [0.2, 0.25) is 10.0 Å². The Hall–Kier alpha value is -0.620. The van der Waals surface area contributed by atoms with Crippen LogP contribution in [0.2, 0.25) is 5.02 Å². The van der Waals surface area contributed by atoms with Gasteiger partial charge in [0.1, 0.15) is 0 Å². The molecule has 0 N–H and O–H groups in total. The van der Waals surface area contributed by atoms with Crippen LogP contribution >= 0.6 is 11.6 Å². The SMILES string of the molecule is CCCN1CCN(S(=O)(=O)c2cc(C)c(Cl)cc2C)CC1. The molecule has 1 aromatic rings. The summed E-state index contributed by atoms with van der Waals surface area (Å²) in [5, 5.41) is 0.610. The Morgan fingerprint density at radius 1 is 1.10 bits per heavy atom. The van der Waals surface area contributed by atoms with Crippen LogP contribution in [-0.4, -0.2) is 50.3 Å². The van der Waals surface area contributed by atoms with Gasteiger partial charge in [-0.05, 0) is 50.1 Å². The van der Waals surface area contributed by atoms with Gasteiger partial charge in [0.25, 0.3) is 0 Å². The second-order valence-corrected chi connectivity index (χ2v) is 7.93. The van der Waals surface area contributed by atoms with Crippen molar-refractivity contribution < 1.29 is 8.42 Å². The number of benzene rings is 1.